The molecule has 1 N–H and O–H groups in total. The van der Waals surface area contributed by atoms with E-state index in [4.69, 9.17) is 16.3 Å². The molecule has 3 heteroatoms. The number of rotatable bonds is 5. The standard InChI is InChI=1S/C17H26ClNO/c1-13-11-15(18)12-14(2)17(13)20-10-9-19-16-7-5-3-4-6-8-16/h11-12,16,19H,3-10H2,1-2H3. The Balaban J connectivity index is 1.75. The summed E-state index contributed by atoms with van der Waals surface area (Å²) in [6, 6.07) is 4.61. The third kappa shape index (κ3) is 4.68. The van der Waals surface area contributed by atoms with Gasteiger partial charge in [-0.2, -0.15) is 0 Å². The number of benzene rings is 1. The van der Waals surface area contributed by atoms with E-state index >= 15 is 0 Å². The van der Waals surface area contributed by atoms with Gasteiger partial charge >= 0.3 is 0 Å². The number of ether oxygens (including phenoxy) is 1. The molecule has 0 unspecified atom stereocenters. The molecule has 1 aromatic rings. The molecule has 1 saturated carbocycles. The molecule has 2 rings (SSSR count). The van der Waals surface area contributed by atoms with Crippen molar-refractivity contribution < 1.29 is 4.74 Å². The fourth-order valence-corrected chi connectivity index (χ4v) is 3.35. The van der Waals surface area contributed by atoms with E-state index in [1.807, 2.05) is 26.0 Å². The normalized spacial score (nSPS) is 16.9. The molecular formula is C17H26ClNO. The van der Waals surface area contributed by atoms with Crippen molar-refractivity contribution in [2.45, 2.75) is 58.4 Å². The van der Waals surface area contributed by atoms with Crippen LogP contribution in [0.4, 0.5) is 0 Å². The Kier molecular flexibility index (Phi) is 6.18. The third-order valence-electron chi connectivity index (χ3n) is 4.06. The van der Waals surface area contributed by atoms with Gasteiger partial charge in [-0.1, -0.05) is 37.3 Å². The van der Waals surface area contributed by atoms with Crippen LogP contribution in [0.25, 0.3) is 0 Å². The van der Waals surface area contributed by atoms with Crippen LogP contribution in [0, 0.1) is 13.8 Å². The number of hydrogen-bond acceptors (Lipinski definition) is 2. The van der Waals surface area contributed by atoms with Crippen LogP contribution in [0.5, 0.6) is 5.75 Å². The maximum absolute atomic E-state index is 6.03. The lowest BCUT2D eigenvalue weighted by Gasteiger charge is -2.17. The number of nitrogens with one attached hydrogen (secondary N) is 1. The molecule has 0 atom stereocenters. The molecule has 0 aromatic heterocycles. The molecule has 0 aliphatic heterocycles. The lowest BCUT2D eigenvalue weighted by atomic mass is 10.1. The van der Waals surface area contributed by atoms with Crippen LogP contribution in [-0.4, -0.2) is 19.2 Å². The molecular weight excluding hydrogens is 270 g/mol. The van der Waals surface area contributed by atoms with Crippen molar-refractivity contribution in [2.24, 2.45) is 0 Å². The first-order valence-corrected chi connectivity index (χ1v) is 8.17. The van der Waals surface area contributed by atoms with Gasteiger partial charge in [0.2, 0.25) is 0 Å². The largest absolute Gasteiger partial charge is 0.492 e. The average Bonchev–Trinajstić information content (AvgIpc) is 2.65. The van der Waals surface area contributed by atoms with E-state index in [1.54, 1.807) is 0 Å². The van der Waals surface area contributed by atoms with E-state index < -0.39 is 0 Å². The smallest absolute Gasteiger partial charge is 0.125 e. The minimum absolute atomic E-state index is 0.688. The van der Waals surface area contributed by atoms with Gasteiger partial charge in [0.15, 0.2) is 0 Å². The molecule has 0 amide bonds. The second-order valence-corrected chi connectivity index (χ2v) is 6.30. The van der Waals surface area contributed by atoms with E-state index in [-0.39, 0.29) is 0 Å². The molecule has 0 saturated heterocycles. The monoisotopic (exact) mass is 295 g/mol. The molecule has 0 radical (unpaired) electrons. The van der Waals surface area contributed by atoms with Gasteiger partial charge in [0.25, 0.3) is 0 Å². The molecule has 112 valence electrons. The zero-order valence-corrected chi connectivity index (χ0v) is 13.4. The second-order valence-electron chi connectivity index (χ2n) is 5.86. The highest BCUT2D eigenvalue weighted by Gasteiger charge is 2.11. The Hall–Kier alpha value is -0.730. The molecule has 1 aliphatic rings. The Morgan fingerprint density at radius 1 is 1.10 bits per heavy atom. The summed E-state index contributed by atoms with van der Waals surface area (Å²) < 4.78 is 5.92. The average molecular weight is 296 g/mol. The van der Waals surface area contributed by atoms with Crippen LogP contribution in [0.15, 0.2) is 12.1 Å². The van der Waals surface area contributed by atoms with E-state index in [2.05, 4.69) is 5.32 Å². The van der Waals surface area contributed by atoms with Crippen LogP contribution < -0.4 is 10.1 Å². The SMILES string of the molecule is Cc1cc(Cl)cc(C)c1OCCNC1CCCCCC1. The maximum Gasteiger partial charge on any atom is 0.125 e. The van der Waals surface area contributed by atoms with Crippen molar-refractivity contribution in [3.63, 3.8) is 0 Å². The summed E-state index contributed by atoms with van der Waals surface area (Å²) >= 11 is 6.03. The first-order valence-electron chi connectivity index (χ1n) is 7.80. The predicted molar refractivity (Wildman–Crippen MR) is 85.9 cm³/mol. The molecule has 1 aromatic carbocycles. The quantitative estimate of drug-likeness (QED) is 0.631. The Morgan fingerprint density at radius 3 is 2.30 bits per heavy atom. The minimum Gasteiger partial charge on any atom is -0.492 e. The first-order chi connectivity index (χ1) is 9.66. The summed E-state index contributed by atoms with van der Waals surface area (Å²) in [5.74, 6) is 0.983. The van der Waals surface area contributed by atoms with Crippen LogP contribution in [0.1, 0.15) is 49.7 Å². The van der Waals surface area contributed by atoms with Gasteiger partial charge in [0, 0.05) is 17.6 Å². The van der Waals surface area contributed by atoms with Crippen molar-refractivity contribution >= 4 is 11.6 Å². The first kappa shape index (κ1) is 15.7. The van der Waals surface area contributed by atoms with Crippen LogP contribution >= 0.6 is 11.6 Å². The summed E-state index contributed by atoms with van der Waals surface area (Å²) in [6.45, 7) is 5.74. The molecule has 1 fully saturated rings. The van der Waals surface area contributed by atoms with Crippen LogP contribution in [0.3, 0.4) is 0 Å². The van der Waals surface area contributed by atoms with Gasteiger partial charge < -0.3 is 10.1 Å². The van der Waals surface area contributed by atoms with Crippen molar-refractivity contribution in [2.75, 3.05) is 13.2 Å². The highest BCUT2D eigenvalue weighted by atomic mass is 35.5. The summed E-state index contributed by atoms with van der Waals surface area (Å²) in [5, 5.41) is 4.41. The van der Waals surface area contributed by atoms with E-state index in [9.17, 15) is 0 Å². The molecule has 1 aliphatic carbocycles. The fourth-order valence-electron chi connectivity index (χ4n) is 3.02. The van der Waals surface area contributed by atoms with Gasteiger partial charge in [-0.05, 0) is 49.9 Å². The van der Waals surface area contributed by atoms with Gasteiger partial charge in [-0.25, -0.2) is 0 Å². The summed E-state index contributed by atoms with van der Waals surface area (Å²) in [6.07, 6.45) is 8.18. The topological polar surface area (TPSA) is 21.3 Å². The Labute approximate surface area is 127 Å². The lowest BCUT2D eigenvalue weighted by Crippen LogP contribution is -2.32. The lowest BCUT2D eigenvalue weighted by molar-refractivity contribution is 0.297. The van der Waals surface area contributed by atoms with Gasteiger partial charge in [-0.15, -0.1) is 0 Å². The summed E-state index contributed by atoms with van der Waals surface area (Å²) in [4.78, 5) is 0. The van der Waals surface area contributed by atoms with Gasteiger partial charge in [0.05, 0.1) is 0 Å². The Bertz CT molecular complexity index is 402. The number of halogens is 1. The highest BCUT2D eigenvalue weighted by Crippen LogP contribution is 2.26. The number of aryl methyl sites for hydroxylation is 2. The van der Waals surface area contributed by atoms with Crippen molar-refractivity contribution in [1.82, 2.24) is 5.32 Å². The summed E-state index contributed by atoms with van der Waals surface area (Å²) in [7, 11) is 0. The molecule has 0 bridgehead atoms. The summed E-state index contributed by atoms with van der Waals surface area (Å²) in [5.41, 5.74) is 2.23. The Morgan fingerprint density at radius 2 is 1.70 bits per heavy atom. The van der Waals surface area contributed by atoms with E-state index in [0.717, 1.165) is 35.1 Å². The van der Waals surface area contributed by atoms with Crippen molar-refractivity contribution in [3.05, 3.63) is 28.3 Å². The van der Waals surface area contributed by atoms with Crippen molar-refractivity contribution in [3.8, 4) is 5.75 Å². The van der Waals surface area contributed by atoms with E-state index in [1.165, 1.54) is 38.5 Å². The van der Waals surface area contributed by atoms with Crippen molar-refractivity contribution in [1.29, 1.82) is 0 Å². The number of hydrogen-bond donors (Lipinski definition) is 1. The van der Waals surface area contributed by atoms with E-state index in [0.29, 0.717) is 6.04 Å². The van der Waals surface area contributed by atoms with Gasteiger partial charge in [0.1, 0.15) is 12.4 Å². The van der Waals surface area contributed by atoms with Crippen LogP contribution in [-0.2, 0) is 0 Å². The molecule has 0 spiro atoms. The molecule has 20 heavy (non-hydrogen) atoms. The zero-order chi connectivity index (χ0) is 14.4. The zero-order valence-electron chi connectivity index (χ0n) is 12.7. The minimum atomic E-state index is 0.688. The molecule has 0 heterocycles. The highest BCUT2D eigenvalue weighted by molar-refractivity contribution is 6.30. The van der Waals surface area contributed by atoms with Gasteiger partial charge in [-0.3, -0.25) is 0 Å². The fraction of sp³-hybridized carbons (Fsp3) is 0.647. The van der Waals surface area contributed by atoms with Crippen LogP contribution in [0.2, 0.25) is 5.02 Å². The predicted octanol–water partition coefficient (Wildman–Crippen LogP) is 4.65. The molecule has 2 nitrogen and oxygen atoms in total. The third-order valence-corrected chi connectivity index (χ3v) is 4.28. The maximum atomic E-state index is 6.03. The second kappa shape index (κ2) is 7.90.